The summed E-state index contributed by atoms with van der Waals surface area (Å²) in [4.78, 5) is 6.94. The van der Waals surface area contributed by atoms with Gasteiger partial charge in [0.2, 0.25) is 0 Å². The number of ether oxygens (including phenoxy) is 3. The molecule has 0 amide bonds. The molecule has 3 aliphatic rings. The average Bonchev–Trinajstić information content (AvgIpc) is 3.07. The number of nitrogens with one attached hydrogen (secondary N) is 1. The van der Waals surface area contributed by atoms with E-state index >= 15 is 0 Å². The van der Waals surface area contributed by atoms with Crippen molar-refractivity contribution in [2.75, 3.05) is 47.1 Å². The first kappa shape index (κ1) is 22.2. The lowest BCUT2D eigenvalue weighted by Gasteiger charge is -2.55. The molecule has 7 heteroatoms. The van der Waals surface area contributed by atoms with Crippen LogP contribution >= 0.6 is 24.0 Å². The standard InChI is InChI=1S/C19H35N3O3.HI/c1-19(2)16(15-8-13-25-17(15)19)21-18(20-3)22-9-6-14(7-10-22)24-12-5-11-23-4;/h14-17H,5-13H2,1-4H3,(H,20,21);1H. The zero-order valence-electron chi connectivity index (χ0n) is 16.7. The van der Waals surface area contributed by atoms with Crippen LogP contribution in [0.25, 0.3) is 0 Å². The molecule has 6 nitrogen and oxygen atoms in total. The van der Waals surface area contributed by atoms with Crippen LogP contribution in [0.3, 0.4) is 0 Å². The van der Waals surface area contributed by atoms with Gasteiger partial charge >= 0.3 is 0 Å². The first-order valence-electron chi connectivity index (χ1n) is 9.78. The number of piperidine rings is 1. The first-order valence-corrected chi connectivity index (χ1v) is 9.78. The Morgan fingerprint density at radius 3 is 2.62 bits per heavy atom. The van der Waals surface area contributed by atoms with Gasteiger partial charge < -0.3 is 24.4 Å². The number of aliphatic imine (C=N–C) groups is 1. The molecule has 0 aromatic carbocycles. The van der Waals surface area contributed by atoms with Gasteiger partial charge in [-0.1, -0.05) is 13.8 Å². The number of hydrogen-bond acceptors (Lipinski definition) is 4. The van der Waals surface area contributed by atoms with Crippen molar-refractivity contribution in [1.82, 2.24) is 10.2 Å². The second-order valence-corrected chi connectivity index (χ2v) is 8.14. The van der Waals surface area contributed by atoms with Crippen molar-refractivity contribution in [3.63, 3.8) is 0 Å². The smallest absolute Gasteiger partial charge is 0.193 e. The van der Waals surface area contributed by atoms with Crippen LogP contribution in [-0.2, 0) is 14.2 Å². The molecule has 3 fully saturated rings. The fraction of sp³-hybridized carbons (Fsp3) is 0.947. The second kappa shape index (κ2) is 9.89. The number of hydrogen-bond donors (Lipinski definition) is 1. The first-order chi connectivity index (χ1) is 12.1. The van der Waals surface area contributed by atoms with E-state index in [0.29, 0.717) is 24.2 Å². The summed E-state index contributed by atoms with van der Waals surface area (Å²) in [6, 6.07) is 0.460. The SMILES string of the molecule is CN=C(NC1C2CCOC2C1(C)C)N1CCC(OCCCOC)CC1.I. The largest absolute Gasteiger partial charge is 0.385 e. The van der Waals surface area contributed by atoms with Crippen LogP contribution in [0.1, 0.15) is 39.5 Å². The van der Waals surface area contributed by atoms with E-state index in [9.17, 15) is 0 Å². The number of nitrogens with zero attached hydrogens (tertiary/aromatic N) is 2. The molecule has 3 atom stereocenters. The van der Waals surface area contributed by atoms with Gasteiger partial charge in [0.1, 0.15) is 0 Å². The van der Waals surface area contributed by atoms with Crippen molar-refractivity contribution in [3.05, 3.63) is 0 Å². The molecule has 0 radical (unpaired) electrons. The highest BCUT2D eigenvalue weighted by Gasteiger charge is 2.59. The van der Waals surface area contributed by atoms with Crippen molar-refractivity contribution in [3.8, 4) is 0 Å². The van der Waals surface area contributed by atoms with Crippen LogP contribution in [0, 0.1) is 11.3 Å². The number of methoxy groups -OCH3 is 1. The molecule has 0 aromatic heterocycles. The zero-order chi connectivity index (χ0) is 17.9. The molecule has 2 saturated heterocycles. The third-order valence-corrected chi connectivity index (χ3v) is 6.18. The number of fused-ring (bicyclic) bond motifs is 1. The van der Waals surface area contributed by atoms with Gasteiger partial charge in [0.25, 0.3) is 0 Å². The summed E-state index contributed by atoms with van der Waals surface area (Å²) in [6.45, 7) is 9.11. The summed E-state index contributed by atoms with van der Waals surface area (Å²) in [6.07, 6.45) is 5.06. The highest BCUT2D eigenvalue weighted by molar-refractivity contribution is 14.0. The van der Waals surface area contributed by atoms with Gasteiger partial charge in [-0.05, 0) is 25.7 Å². The topological polar surface area (TPSA) is 55.3 Å². The maximum atomic E-state index is 5.97. The fourth-order valence-electron chi connectivity index (χ4n) is 4.74. The molecule has 26 heavy (non-hydrogen) atoms. The predicted octanol–water partition coefficient (Wildman–Crippen LogP) is 2.51. The lowest BCUT2D eigenvalue weighted by molar-refractivity contribution is -0.107. The van der Waals surface area contributed by atoms with Crippen molar-refractivity contribution in [2.24, 2.45) is 16.3 Å². The van der Waals surface area contributed by atoms with Crippen LogP contribution in [0.4, 0.5) is 0 Å². The van der Waals surface area contributed by atoms with E-state index in [1.165, 1.54) is 6.42 Å². The van der Waals surface area contributed by atoms with Gasteiger partial charge in [-0.3, -0.25) is 4.99 Å². The maximum absolute atomic E-state index is 5.97. The highest BCUT2D eigenvalue weighted by atomic mass is 127. The van der Waals surface area contributed by atoms with Gasteiger partial charge in [0.15, 0.2) is 5.96 Å². The lowest BCUT2D eigenvalue weighted by Crippen LogP contribution is -2.68. The Morgan fingerprint density at radius 1 is 1.23 bits per heavy atom. The minimum absolute atomic E-state index is 0. The average molecular weight is 481 g/mol. The minimum Gasteiger partial charge on any atom is -0.385 e. The Bertz CT molecular complexity index is 467. The molecule has 2 aliphatic heterocycles. The number of likely N-dealkylation sites (tertiary alicyclic amines) is 1. The van der Waals surface area contributed by atoms with E-state index in [1.54, 1.807) is 7.11 Å². The third-order valence-electron chi connectivity index (χ3n) is 6.18. The van der Waals surface area contributed by atoms with E-state index in [1.807, 2.05) is 7.05 Å². The molecule has 3 unspecified atom stereocenters. The fourth-order valence-corrected chi connectivity index (χ4v) is 4.74. The van der Waals surface area contributed by atoms with Gasteiger partial charge in [-0.25, -0.2) is 0 Å². The van der Waals surface area contributed by atoms with Crippen LogP contribution < -0.4 is 5.32 Å². The molecular weight excluding hydrogens is 445 g/mol. The summed E-state index contributed by atoms with van der Waals surface area (Å²) in [5.41, 5.74) is 0.180. The Morgan fingerprint density at radius 2 is 1.96 bits per heavy atom. The quantitative estimate of drug-likeness (QED) is 0.274. The number of guanidine groups is 1. The van der Waals surface area contributed by atoms with E-state index in [4.69, 9.17) is 14.2 Å². The molecule has 1 N–H and O–H groups in total. The molecule has 0 aromatic rings. The molecule has 3 rings (SSSR count). The predicted molar refractivity (Wildman–Crippen MR) is 114 cm³/mol. The molecule has 152 valence electrons. The number of halogens is 1. The van der Waals surface area contributed by atoms with E-state index in [0.717, 1.165) is 58.1 Å². The molecule has 1 saturated carbocycles. The van der Waals surface area contributed by atoms with Crippen molar-refractivity contribution >= 4 is 29.9 Å². The molecule has 0 bridgehead atoms. The summed E-state index contributed by atoms with van der Waals surface area (Å²) >= 11 is 0. The zero-order valence-corrected chi connectivity index (χ0v) is 19.0. The van der Waals surface area contributed by atoms with Crippen LogP contribution in [0.5, 0.6) is 0 Å². The Hall–Kier alpha value is -0.120. The van der Waals surface area contributed by atoms with Gasteiger partial charge in [0, 0.05) is 64.4 Å². The highest BCUT2D eigenvalue weighted by Crippen LogP contribution is 2.52. The summed E-state index contributed by atoms with van der Waals surface area (Å²) in [5, 5.41) is 3.75. The monoisotopic (exact) mass is 481 g/mol. The van der Waals surface area contributed by atoms with E-state index < -0.39 is 0 Å². The molecule has 0 spiro atoms. The van der Waals surface area contributed by atoms with Crippen LogP contribution in [0.15, 0.2) is 4.99 Å². The molecule has 2 heterocycles. The van der Waals surface area contributed by atoms with Gasteiger partial charge in [-0.2, -0.15) is 0 Å². The second-order valence-electron chi connectivity index (χ2n) is 8.14. The summed E-state index contributed by atoms with van der Waals surface area (Å²) in [7, 11) is 3.63. The van der Waals surface area contributed by atoms with Crippen LogP contribution in [0.2, 0.25) is 0 Å². The van der Waals surface area contributed by atoms with Gasteiger partial charge in [-0.15, -0.1) is 24.0 Å². The van der Waals surface area contributed by atoms with Crippen molar-refractivity contribution < 1.29 is 14.2 Å². The Balaban J connectivity index is 0.00000243. The minimum atomic E-state index is 0. The lowest BCUT2D eigenvalue weighted by atomic mass is 9.57. The maximum Gasteiger partial charge on any atom is 0.193 e. The van der Waals surface area contributed by atoms with Gasteiger partial charge in [0.05, 0.1) is 12.2 Å². The normalized spacial score (nSPS) is 31.2. The Labute approximate surface area is 175 Å². The van der Waals surface area contributed by atoms with E-state index in [2.05, 4.69) is 29.1 Å². The Kier molecular flexibility index (Phi) is 8.43. The molecule has 1 aliphatic carbocycles. The van der Waals surface area contributed by atoms with Crippen molar-refractivity contribution in [1.29, 1.82) is 0 Å². The van der Waals surface area contributed by atoms with Crippen molar-refractivity contribution in [2.45, 2.75) is 57.8 Å². The summed E-state index contributed by atoms with van der Waals surface area (Å²) in [5.74, 6) is 1.68. The molecular formula is C19H36IN3O3. The number of rotatable bonds is 6. The summed E-state index contributed by atoms with van der Waals surface area (Å²) < 4.78 is 16.9. The third kappa shape index (κ3) is 4.64. The van der Waals surface area contributed by atoms with Crippen LogP contribution in [-0.4, -0.2) is 76.2 Å². The van der Waals surface area contributed by atoms with E-state index in [-0.39, 0.29) is 29.4 Å².